The molecule has 0 amide bonds. The fourth-order valence-electron chi connectivity index (χ4n) is 15.7. The van der Waals surface area contributed by atoms with Gasteiger partial charge in [0.2, 0.25) is 0 Å². The van der Waals surface area contributed by atoms with Crippen LogP contribution >= 0.6 is 0 Å². The first-order valence-corrected chi connectivity index (χ1v) is 23.9. The quantitative estimate of drug-likeness (QED) is 0.171. The first-order chi connectivity index (χ1) is 31.3. The van der Waals surface area contributed by atoms with Gasteiger partial charge >= 0.3 is 0 Å². The van der Waals surface area contributed by atoms with Crippen molar-refractivity contribution in [2.24, 2.45) is 23.2 Å². The van der Waals surface area contributed by atoms with Gasteiger partial charge in [-0.15, -0.1) is 0 Å². The molecule has 8 aromatic carbocycles. The van der Waals surface area contributed by atoms with Crippen molar-refractivity contribution in [3.63, 3.8) is 0 Å². The van der Waals surface area contributed by atoms with Crippen LogP contribution in [-0.2, 0) is 16.2 Å². The molecule has 5 atom stereocenters. The molecule has 3 unspecified atom stereocenters. The molecule has 4 saturated carbocycles. The average molecular weight is 824 g/mol. The lowest BCUT2D eigenvalue weighted by Crippen LogP contribution is -2.61. The van der Waals surface area contributed by atoms with Gasteiger partial charge in [-0.05, 0) is 158 Å². The zero-order valence-corrected chi connectivity index (χ0v) is 37.1. The average Bonchev–Trinajstić information content (AvgIpc) is 3.74. The summed E-state index contributed by atoms with van der Waals surface area (Å²) in [5, 5.41) is 0. The van der Waals surface area contributed by atoms with Gasteiger partial charge in [0.1, 0.15) is 0 Å². The third kappa shape index (κ3) is 4.60. The van der Waals surface area contributed by atoms with Crippen LogP contribution in [0, 0.1) is 23.2 Å². The molecule has 0 aliphatic heterocycles. The van der Waals surface area contributed by atoms with Crippen LogP contribution in [-0.4, -0.2) is 0 Å². The topological polar surface area (TPSA) is 3.24 Å². The number of nitrogens with zero attached hydrogens (tertiary/aromatic N) is 1. The molecule has 0 aromatic heterocycles. The SMILES string of the molecule is CC12CC3C[C@H](C1)C1(c4ccccc4C4(c5ccccc5-c5ccccc54)c4cc(N(c5ccc6c(c5)C(C)(C)c5ccccc5-6)c5ccccc5-c5ccccc5)ccc41)[C@@H](C3)C2. The summed E-state index contributed by atoms with van der Waals surface area (Å²) in [6, 6.07) is 72.9. The number of hydrogen-bond donors (Lipinski definition) is 0. The van der Waals surface area contributed by atoms with Crippen molar-refractivity contribution in [3.05, 3.63) is 233 Å². The minimum atomic E-state index is -0.467. The predicted molar refractivity (Wildman–Crippen MR) is 264 cm³/mol. The second-order valence-electron chi connectivity index (χ2n) is 21.3. The van der Waals surface area contributed by atoms with Crippen LogP contribution < -0.4 is 4.90 Å². The van der Waals surface area contributed by atoms with Gasteiger partial charge in [0, 0.05) is 27.8 Å². The van der Waals surface area contributed by atoms with Gasteiger partial charge in [0.05, 0.1) is 11.1 Å². The Kier molecular flexibility index (Phi) is 7.43. The van der Waals surface area contributed by atoms with Crippen LogP contribution in [0.1, 0.15) is 97.4 Å². The minimum Gasteiger partial charge on any atom is -0.310 e. The van der Waals surface area contributed by atoms with E-state index in [0.717, 1.165) is 5.92 Å². The second-order valence-corrected chi connectivity index (χ2v) is 21.3. The van der Waals surface area contributed by atoms with Crippen molar-refractivity contribution < 1.29 is 0 Å². The van der Waals surface area contributed by atoms with Crippen LogP contribution in [0.2, 0.25) is 0 Å². The molecular weight excluding hydrogens is 771 g/mol. The van der Waals surface area contributed by atoms with E-state index in [9.17, 15) is 0 Å². The summed E-state index contributed by atoms with van der Waals surface area (Å²) in [4.78, 5) is 2.60. The Labute approximate surface area is 378 Å². The lowest BCUT2D eigenvalue weighted by Gasteiger charge is -2.67. The molecule has 4 fully saturated rings. The molecule has 8 aromatic rings. The molecule has 0 saturated heterocycles. The van der Waals surface area contributed by atoms with E-state index in [1.165, 1.54) is 116 Å². The number of anilines is 3. The van der Waals surface area contributed by atoms with Crippen molar-refractivity contribution in [1.29, 1.82) is 0 Å². The Bertz CT molecular complexity index is 3180. The molecule has 0 N–H and O–H groups in total. The Hall–Kier alpha value is -6.44. The van der Waals surface area contributed by atoms with Gasteiger partial charge in [-0.2, -0.15) is 0 Å². The monoisotopic (exact) mass is 823 g/mol. The molecular formula is C63H53N. The molecule has 310 valence electrons. The van der Waals surface area contributed by atoms with E-state index < -0.39 is 5.41 Å². The van der Waals surface area contributed by atoms with Crippen molar-refractivity contribution in [3.8, 4) is 33.4 Å². The number of hydrogen-bond acceptors (Lipinski definition) is 1. The van der Waals surface area contributed by atoms with Crippen LogP contribution in [0.5, 0.6) is 0 Å². The first kappa shape index (κ1) is 37.0. The third-order valence-electron chi connectivity index (χ3n) is 17.7. The molecule has 64 heavy (non-hydrogen) atoms. The first-order valence-electron chi connectivity index (χ1n) is 23.9. The summed E-state index contributed by atoms with van der Waals surface area (Å²) in [5.41, 5.74) is 23.1. The van der Waals surface area contributed by atoms with E-state index in [1.807, 2.05) is 0 Å². The zero-order valence-electron chi connectivity index (χ0n) is 37.1. The van der Waals surface area contributed by atoms with Gasteiger partial charge in [-0.25, -0.2) is 0 Å². The zero-order chi connectivity index (χ0) is 42.6. The minimum absolute atomic E-state index is 0.0330. The molecule has 0 heterocycles. The summed E-state index contributed by atoms with van der Waals surface area (Å²) in [5.74, 6) is 2.08. The fraction of sp³-hybridized carbons (Fsp3) is 0.238. The Morgan fingerprint density at radius 1 is 0.391 bits per heavy atom. The van der Waals surface area contributed by atoms with Crippen molar-refractivity contribution in [2.75, 3.05) is 4.90 Å². The normalized spacial score (nSPS) is 25.0. The van der Waals surface area contributed by atoms with Crippen molar-refractivity contribution in [2.45, 2.75) is 69.1 Å². The summed E-state index contributed by atoms with van der Waals surface area (Å²) < 4.78 is 0. The molecule has 1 nitrogen and oxygen atoms in total. The smallest absolute Gasteiger partial charge is 0.0720 e. The van der Waals surface area contributed by atoms with E-state index in [0.29, 0.717) is 17.3 Å². The van der Waals surface area contributed by atoms with Crippen LogP contribution in [0.15, 0.2) is 188 Å². The van der Waals surface area contributed by atoms with E-state index in [2.05, 4.69) is 214 Å². The van der Waals surface area contributed by atoms with Crippen molar-refractivity contribution in [1.82, 2.24) is 0 Å². The summed E-state index contributed by atoms with van der Waals surface area (Å²) in [6.07, 6.45) is 6.73. The van der Waals surface area contributed by atoms with E-state index in [-0.39, 0.29) is 10.8 Å². The van der Waals surface area contributed by atoms with Crippen LogP contribution in [0.4, 0.5) is 17.1 Å². The van der Waals surface area contributed by atoms with Crippen LogP contribution in [0.3, 0.4) is 0 Å². The summed E-state index contributed by atoms with van der Waals surface area (Å²) in [7, 11) is 0. The lowest BCUT2D eigenvalue weighted by atomic mass is 9.36. The second kappa shape index (κ2) is 12.9. The highest BCUT2D eigenvalue weighted by atomic mass is 15.1. The fourth-order valence-corrected chi connectivity index (χ4v) is 15.7. The van der Waals surface area contributed by atoms with E-state index in [1.54, 1.807) is 11.1 Å². The van der Waals surface area contributed by atoms with Crippen molar-refractivity contribution >= 4 is 17.1 Å². The van der Waals surface area contributed by atoms with Gasteiger partial charge in [-0.3, -0.25) is 0 Å². The largest absolute Gasteiger partial charge is 0.310 e. The predicted octanol–water partition coefficient (Wildman–Crippen LogP) is 15.9. The standard InChI is InChI=1S/C63H53N/c1-60(2)51-23-11-7-20-47(51)50-31-29-44(35-57(50)60)64(59-28-16-10-19-46(59)41-17-5-4-6-18-41)45-30-32-56-58(36-45)63(52-24-12-8-21-48(52)49-22-9-13-25-53(49)63)55-27-15-14-26-54(55)62(56)42-33-40-34-43(62)39-61(3,37-40)38-42/h4-32,35-36,40,42-43H,33-34,37-39H2,1-3H3/t40?,42-,43+,61?,62?. The van der Waals surface area contributed by atoms with Gasteiger partial charge < -0.3 is 4.90 Å². The number of fused-ring (bicyclic) bond motifs is 12. The van der Waals surface area contributed by atoms with Crippen LogP contribution in [0.25, 0.3) is 33.4 Å². The highest BCUT2D eigenvalue weighted by Gasteiger charge is 2.66. The maximum Gasteiger partial charge on any atom is 0.0720 e. The number of para-hydroxylation sites is 1. The molecule has 7 aliphatic rings. The Morgan fingerprint density at radius 3 is 1.53 bits per heavy atom. The third-order valence-corrected chi connectivity index (χ3v) is 17.7. The Morgan fingerprint density at radius 2 is 0.875 bits per heavy atom. The molecule has 7 aliphatic carbocycles. The maximum absolute atomic E-state index is 2.69. The molecule has 1 heteroatoms. The highest BCUT2D eigenvalue weighted by Crippen LogP contribution is 2.74. The number of benzene rings is 8. The summed E-state index contributed by atoms with van der Waals surface area (Å²) in [6.45, 7) is 7.45. The van der Waals surface area contributed by atoms with Gasteiger partial charge in [-0.1, -0.05) is 178 Å². The van der Waals surface area contributed by atoms with E-state index >= 15 is 0 Å². The maximum atomic E-state index is 2.69. The van der Waals surface area contributed by atoms with E-state index in [4.69, 9.17) is 0 Å². The molecule has 4 bridgehead atoms. The summed E-state index contributed by atoms with van der Waals surface area (Å²) >= 11 is 0. The molecule has 0 radical (unpaired) electrons. The lowest BCUT2D eigenvalue weighted by molar-refractivity contribution is -0.0920. The Balaban J connectivity index is 1.09. The molecule has 15 rings (SSSR count). The molecule has 2 spiro atoms. The highest BCUT2D eigenvalue weighted by molar-refractivity contribution is 5.93. The van der Waals surface area contributed by atoms with Gasteiger partial charge in [0.25, 0.3) is 0 Å². The number of rotatable bonds is 4. The van der Waals surface area contributed by atoms with Gasteiger partial charge in [0.15, 0.2) is 0 Å².